The molecule has 1 saturated carbocycles. The number of sulfonamides is 1. The normalized spacial score (nSPS) is 14.3. The van der Waals surface area contributed by atoms with Gasteiger partial charge in [-0.3, -0.25) is 14.1 Å². The number of nitrogens with one attached hydrogen (secondary N) is 1. The minimum absolute atomic E-state index is 0.0632. The molecular weight excluding hydrogens is 404 g/mol. The summed E-state index contributed by atoms with van der Waals surface area (Å²) in [4.78, 5) is 16.7. The number of rotatable bonds is 7. The summed E-state index contributed by atoms with van der Waals surface area (Å²) in [6, 6.07) is 6.05. The third-order valence-electron chi connectivity index (χ3n) is 5.22. The van der Waals surface area contributed by atoms with E-state index >= 15 is 0 Å². The van der Waals surface area contributed by atoms with Gasteiger partial charge in [-0.15, -0.1) is 0 Å². The van der Waals surface area contributed by atoms with Gasteiger partial charge in [-0.25, -0.2) is 8.42 Å². The quantitative estimate of drug-likeness (QED) is 0.622. The zero-order chi connectivity index (χ0) is 21.6. The summed E-state index contributed by atoms with van der Waals surface area (Å²) in [5, 5.41) is 0. The molecule has 0 aliphatic heterocycles. The lowest BCUT2D eigenvalue weighted by Gasteiger charge is -2.12. The number of aromatic nitrogens is 3. The highest BCUT2D eigenvalue weighted by molar-refractivity contribution is 7.92. The lowest BCUT2D eigenvalue weighted by atomic mass is 10.0. The van der Waals surface area contributed by atoms with Gasteiger partial charge >= 0.3 is 0 Å². The highest BCUT2D eigenvalue weighted by Gasteiger charge is 2.26. The molecule has 1 aliphatic rings. The summed E-state index contributed by atoms with van der Waals surface area (Å²) < 4.78 is 36.0. The van der Waals surface area contributed by atoms with E-state index in [-0.39, 0.29) is 5.56 Å². The van der Waals surface area contributed by atoms with E-state index < -0.39 is 10.0 Å². The Labute approximate surface area is 175 Å². The van der Waals surface area contributed by atoms with Crippen molar-refractivity contribution in [2.24, 2.45) is 13.0 Å². The second-order valence-electron chi connectivity index (χ2n) is 7.97. The lowest BCUT2D eigenvalue weighted by Crippen LogP contribution is -2.18. The van der Waals surface area contributed by atoms with Gasteiger partial charge in [0.25, 0.3) is 11.6 Å². The van der Waals surface area contributed by atoms with Crippen molar-refractivity contribution in [3.05, 3.63) is 40.3 Å². The lowest BCUT2D eigenvalue weighted by molar-refractivity contribution is 0.296. The summed E-state index contributed by atoms with van der Waals surface area (Å²) in [5.41, 5.74) is 3.93. The van der Waals surface area contributed by atoms with Gasteiger partial charge < -0.3 is 9.30 Å². The fraction of sp³-hybridized carbons (Fsp3) is 0.429. The molecule has 1 aromatic carbocycles. The summed E-state index contributed by atoms with van der Waals surface area (Å²) in [6.07, 6.45) is 5.21. The second kappa shape index (κ2) is 7.46. The van der Waals surface area contributed by atoms with Gasteiger partial charge in [0, 0.05) is 25.4 Å². The Kier molecular flexibility index (Phi) is 5.09. The molecule has 0 amide bonds. The van der Waals surface area contributed by atoms with E-state index in [1.165, 1.54) is 17.4 Å². The van der Waals surface area contributed by atoms with E-state index in [0.717, 1.165) is 29.4 Å². The van der Waals surface area contributed by atoms with Gasteiger partial charge in [-0.1, -0.05) is 0 Å². The van der Waals surface area contributed by atoms with E-state index in [2.05, 4.69) is 9.71 Å². The highest BCUT2D eigenvalue weighted by Crippen LogP contribution is 2.37. The first-order chi connectivity index (χ1) is 14.2. The van der Waals surface area contributed by atoms with Crippen molar-refractivity contribution in [3.8, 4) is 17.1 Å². The van der Waals surface area contributed by atoms with Crippen molar-refractivity contribution in [1.82, 2.24) is 14.1 Å². The van der Waals surface area contributed by atoms with E-state index in [1.54, 1.807) is 26.2 Å². The highest BCUT2D eigenvalue weighted by atomic mass is 32.2. The van der Waals surface area contributed by atoms with Crippen molar-refractivity contribution in [2.45, 2.75) is 33.2 Å². The number of aryl methyl sites for hydroxylation is 2. The Morgan fingerprint density at radius 2 is 1.97 bits per heavy atom. The Morgan fingerprint density at radius 3 is 2.57 bits per heavy atom. The standard InChI is InChI=1S/C21H26N4O4S/c1-5-29-21-22-19-17(23-30(4,27)28)9-15(10-18(19)25(21)11-14-6-7-14)16-8-13(2)20(26)24(3)12-16/h8-10,12,14,23H,5-7,11H2,1-4H3. The van der Waals surface area contributed by atoms with Crippen LogP contribution in [0.5, 0.6) is 6.01 Å². The molecule has 0 spiro atoms. The first kappa shape index (κ1) is 20.5. The number of ether oxygens (including phenoxy) is 1. The Balaban J connectivity index is 1.98. The second-order valence-corrected chi connectivity index (χ2v) is 9.72. The number of nitrogens with zero attached hydrogens (tertiary/aromatic N) is 3. The fourth-order valence-corrected chi connectivity index (χ4v) is 4.21. The maximum Gasteiger partial charge on any atom is 0.297 e. The SMILES string of the molecule is CCOc1nc2c(NS(C)(=O)=O)cc(-c3cc(C)c(=O)n(C)c3)cc2n1CC1CC1. The van der Waals surface area contributed by atoms with Crippen LogP contribution in [0.4, 0.5) is 5.69 Å². The van der Waals surface area contributed by atoms with Crippen LogP contribution in [-0.4, -0.2) is 35.4 Å². The van der Waals surface area contributed by atoms with Crippen LogP contribution in [0.1, 0.15) is 25.3 Å². The summed E-state index contributed by atoms with van der Waals surface area (Å²) in [5.74, 6) is 0.580. The molecule has 160 valence electrons. The molecule has 3 aromatic rings. The van der Waals surface area contributed by atoms with Crippen LogP contribution in [0, 0.1) is 12.8 Å². The van der Waals surface area contributed by atoms with E-state index in [1.807, 2.05) is 23.6 Å². The summed E-state index contributed by atoms with van der Waals surface area (Å²) in [7, 11) is -1.81. The average Bonchev–Trinajstić information content (AvgIpc) is 3.41. The van der Waals surface area contributed by atoms with Crippen LogP contribution < -0.4 is 15.0 Å². The molecule has 2 aromatic heterocycles. The van der Waals surface area contributed by atoms with Gasteiger partial charge in [0.2, 0.25) is 10.0 Å². The maximum atomic E-state index is 12.1. The van der Waals surface area contributed by atoms with Crippen LogP contribution in [0.15, 0.2) is 29.2 Å². The molecule has 4 rings (SSSR count). The van der Waals surface area contributed by atoms with Crippen LogP contribution in [0.25, 0.3) is 22.2 Å². The van der Waals surface area contributed by atoms with Crippen molar-refractivity contribution >= 4 is 26.7 Å². The maximum absolute atomic E-state index is 12.1. The zero-order valence-electron chi connectivity index (χ0n) is 17.6. The van der Waals surface area contributed by atoms with Gasteiger partial charge in [-0.2, -0.15) is 4.98 Å². The monoisotopic (exact) mass is 430 g/mol. The number of imidazole rings is 1. The molecule has 2 heterocycles. The number of benzene rings is 1. The number of fused-ring (bicyclic) bond motifs is 1. The minimum atomic E-state index is -3.51. The predicted molar refractivity (Wildman–Crippen MR) is 118 cm³/mol. The summed E-state index contributed by atoms with van der Waals surface area (Å²) >= 11 is 0. The van der Waals surface area contributed by atoms with Crippen LogP contribution in [-0.2, 0) is 23.6 Å². The van der Waals surface area contributed by atoms with Crippen LogP contribution in [0.2, 0.25) is 0 Å². The topological polar surface area (TPSA) is 95.2 Å². The number of hydrogen-bond acceptors (Lipinski definition) is 5. The Hall–Kier alpha value is -2.81. The fourth-order valence-electron chi connectivity index (χ4n) is 3.66. The number of pyridine rings is 1. The summed E-state index contributed by atoms with van der Waals surface area (Å²) in [6.45, 7) is 4.91. The smallest absolute Gasteiger partial charge is 0.297 e. The number of hydrogen-bond donors (Lipinski definition) is 1. The van der Waals surface area contributed by atoms with Gasteiger partial charge in [0.05, 0.1) is 24.1 Å². The molecule has 0 bridgehead atoms. The van der Waals surface area contributed by atoms with E-state index in [0.29, 0.717) is 35.3 Å². The van der Waals surface area contributed by atoms with Crippen molar-refractivity contribution in [1.29, 1.82) is 0 Å². The van der Waals surface area contributed by atoms with Crippen LogP contribution in [0.3, 0.4) is 0 Å². The third kappa shape index (κ3) is 4.07. The van der Waals surface area contributed by atoms with Crippen molar-refractivity contribution in [2.75, 3.05) is 17.6 Å². The van der Waals surface area contributed by atoms with E-state index in [9.17, 15) is 13.2 Å². The van der Waals surface area contributed by atoms with Gasteiger partial charge in [0.1, 0.15) is 5.52 Å². The van der Waals surface area contributed by atoms with Crippen molar-refractivity contribution in [3.63, 3.8) is 0 Å². The molecule has 0 unspecified atom stereocenters. The van der Waals surface area contributed by atoms with E-state index in [4.69, 9.17) is 4.74 Å². The molecular formula is C21H26N4O4S. The first-order valence-corrected chi connectivity index (χ1v) is 11.9. The predicted octanol–water partition coefficient (Wildman–Crippen LogP) is 2.89. The molecule has 1 aliphatic carbocycles. The van der Waals surface area contributed by atoms with Crippen LogP contribution >= 0.6 is 0 Å². The average molecular weight is 431 g/mol. The molecule has 0 saturated heterocycles. The van der Waals surface area contributed by atoms with Gasteiger partial charge in [-0.05, 0) is 61.9 Å². The van der Waals surface area contributed by atoms with Gasteiger partial charge in [0.15, 0.2) is 0 Å². The number of anilines is 1. The Morgan fingerprint density at radius 1 is 1.23 bits per heavy atom. The molecule has 30 heavy (non-hydrogen) atoms. The molecule has 8 nitrogen and oxygen atoms in total. The largest absolute Gasteiger partial charge is 0.465 e. The molecule has 9 heteroatoms. The zero-order valence-corrected chi connectivity index (χ0v) is 18.4. The first-order valence-electron chi connectivity index (χ1n) is 9.98. The third-order valence-corrected chi connectivity index (χ3v) is 5.81. The molecule has 1 fully saturated rings. The molecule has 0 atom stereocenters. The molecule has 1 N–H and O–H groups in total. The Bertz CT molecular complexity index is 1260. The minimum Gasteiger partial charge on any atom is -0.465 e. The molecule has 0 radical (unpaired) electrons. The van der Waals surface area contributed by atoms with Crippen molar-refractivity contribution < 1.29 is 13.2 Å².